The molecule has 0 spiro atoms. The van der Waals surface area contributed by atoms with Crippen LogP contribution in [-0.4, -0.2) is 42.9 Å². The van der Waals surface area contributed by atoms with E-state index in [9.17, 15) is 9.50 Å². The Kier molecular flexibility index (Phi) is 3.45. The highest BCUT2D eigenvalue weighted by Gasteiger charge is 2.32. The fourth-order valence-electron chi connectivity index (χ4n) is 2.65. The summed E-state index contributed by atoms with van der Waals surface area (Å²) in [4.78, 5) is 2.11. The lowest BCUT2D eigenvalue weighted by Crippen LogP contribution is -2.26. The maximum atomic E-state index is 13.0. The van der Waals surface area contributed by atoms with Gasteiger partial charge in [-0.2, -0.15) is 0 Å². The number of aromatic nitrogens is 4. The molecule has 0 bridgehead atoms. The van der Waals surface area contributed by atoms with Crippen molar-refractivity contribution in [1.29, 1.82) is 0 Å². The minimum atomic E-state index is -0.383. The van der Waals surface area contributed by atoms with E-state index in [-0.39, 0.29) is 18.0 Å². The van der Waals surface area contributed by atoms with E-state index in [1.54, 1.807) is 23.9 Å². The lowest BCUT2D eigenvalue weighted by Gasteiger charge is -2.23. The Morgan fingerprint density at radius 2 is 2.10 bits per heavy atom. The van der Waals surface area contributed by atoms with Gasteiger partial charge in [0.05, 0.1) is 12.6 Å². The molecule has 20 heavy (non-hydrogen) atoms. The van der Waals surface area contributed by atoms with Gasteiger partial charge in [-0.3, -0.25) is 4.90 Å². The van der Waals surface area contributed by atoms with Crippen molar-refractivity contribution in [3.8, 4) is 0 Å². The number of benzene rings is 1. The Bertz CT molecular complexity index is 585. The van der Waals surface area contributed by atoms with Crippen LogP contribution in [0.15, 0.2) is 24.3 Å². The highest BCUT2D eigenvalue weighted by atomic mass is 19.1. The van der Waals surface area contributed by atoms with Gasteiger partial charge in [-0.15, -0.1) is 5.10 Å². The first-order chi connectivity index (χ1) is 9.63. The van der Waals surface area contributed by atoms with Gasteiger partial charge in [0.1, 0.15) is 5.82 Å². The van der Waals surface area contributed by atoms with Crippen LogP contribution in [0.1, 0.15) is 23.9 Å². The SMILES string of the molecule is Cn1nnnc1CN1C[C@@H](O)C[C@H]1c1ccc(F)cc1. The van der Waals surface area contributed by atoms with Crippen molar-refractivity contribution >= 4 is 0 Å². The largest absolute Gasteiger partial charge is 0.392 e. The smallest absolute Gasteiger partial charge is 0.165 e. The molecule has 2 aromatic rings. The van der Waals surface area contributed by atoms with Crippen molar-refractivity contribution in [2.24, 2.45) is 7.05 Å². The van der Waals surface area contributed by atoms with Crippen LogP contribution in [0.5, 0.6) is 0 Å². The van der Waals surface area contributed by atoms with Crippen LogP contribution in [0.3, 0.4) is 0 Å². The fourth-order valence-corrected chi connectivity index (χ4v) is 2.65. The Hall–Kier alpha value is -1.86. The third-order valence-corrected chi connectivity index (χ3v) is 3.69. The molecule has 3 rings (SSSR count). The van der Waals surface area contributed by atoms with Crippen molar-refractivity contribution < 1.29 is 9.50 Å². The summed E-state index contributed by atoms with van der Waals surface area (Å²) in [5.74, 6) is 0.488. The molecule has 0 aliphatic carbocycles. The summed E-state index contributed by atoms with van der Waals surface area (Å²) < 4.78 is 14.6. The van der Waals surface area contributed by atoms with E-state index in [4.69, 9.17) is 0 Å². The molecule has 1 aromatic carbocycles. The normalized spacial score (nSPS) is 23.4. The van der Waals surface area contributed by atoms with E-state index in [2.05, 4.69) is 20.4 Å². The van der Waals surface area contributed by atoms with Crippen LogP contribution in [0, 0.1) is 5.82 Å². The van der Waals surface area contributed by atoms with Crippen LogP contribution < -0.4 is 0 Å². The summed E-state index contributed by atoms with van der Waals surface area (Å²) in [5, 5.41) is 21.3. The van der Waals surface area contributed by atoms with Crippen LogP contribution in [0.4, 0.5) is 4.39 Å². The average molecular weight is 277 g/mol. The van der Waals surface area contributed by atoms with Gasteiger partial charge < -0.3 is 5.11 Å². The Balaban J connectivity index is 1.81. The molecule has 1 fully saturated rings. The third kappa shape index (κ3) is 2.54. The van der Waals surface area contributed by atoms with Crippen LogP contribution in [0.2, 0.25) is 0 Å². The first-order valence-electron chi connectivity index (χ1n) is 6.52. The number of aliphatic hydroxyl groups is 1. The lowest BCUT2D eigenvalue weighted by atomic mass is 10.0. The molecule has 2 heterocycles. The van der Waals surface area contributed by atoms with Crippen molar-refractivity contribution in [2.75, 3.05) is 6.54 Å². The second-order valence-electron chi connectivity index (χ2n) is 5.11. The maximum Gasteiger partial charge on any atom is 0.165 e. The molecule has 106 valence electrons. The molecule has 1 saturated heterocycles. The number of likely N-dealkylation sites (tertiary alicyclic amines) is 1. The quantitative estimate of drug-likeness (QED) is 0.892. The fraction of sp³-hybridized carbons (Fsp3) is 0.462. The number of halogens is 1. The summed E-state index contributed by atoms with van der Waals surface area (Å²) in [6.45, 7) is 1.12. The first kappa shape index (κ1) is 13.1. The van der Waals surface area contributed by atoms with Gasteiger partial charge in [-0.1, -0.05) is 12.1 Å². The number of hydrogen-bond acceptors (Lipinski definition) is 5. The molecule has 0 saturated carbocycles. The second kappa shape index (κ2) is 5.26. The van der Waals surface area contributed by atoms with Crippen molar-refractivity contribution in [3.05, 3.63) is 41.5 Å². The molecule has 7 heteroatoms. The zero-order valence-electron chi connectivity index (χ0n) is 11.1. The molecule has 1 aliphatic heterocycles. The number of hydrogen-bond donors (Lipinski definition) is 1. The van der Waals surface area contributed by atoms with E-state index in [1.165, 1.54) is 12.1 Å². The highest BCUT2D eigenvalue weighted by Crippen LogP contribution is 2.33. The van der Waals surface area contributed by atoms with Crippen molar-refractivity contribution in [1.82, 2.24) is 25.1 Å². The first-order valence-corrected chi connectivity index (χ1v) is 6.52. The molecular formula is C13H16FN5O. The van der Waals surface area contributed by atoms with Gasteiger partial charge in [-0.05, 0) is 34.5 Å². The van der Waals surface area contributed by atoms with Gasteiger partial charge in [-0.25, -0.2) is 9.07 Å². The summed E-state index contributed by atoms with van der Waals surface area (Å²) in [5.41, 5.74) is 0.998. The molecule has 0 radical (unpaired) electrons. The summed E-state index contributed by atoms with van der Waals surface area (Å²) in [6.07, 6.45) is 0.253. The Morgan fingerprint density at radius 3 is 2.75 bits per heavy atom. The maximum absolute atomic E-state index is 13.0. The summed E-state index contributed by atoms with van der Waals surface area (Å²) in [6, 6.07) is 6.48. The predicted octanol–water partition coefficient (Wildman–Crippen LogP) is 0.657. The monoisotopic (exact) mass is 277 g/mol. The van der Waals surface area contributed by atoms with E-state index in [0.29, 0.717) is 19.5 Å². The molecule has 6 nitrogen and oxygen atoms in total. The van der Waals surface area contributed by atoms with Gasteiger partial charge in [0.15, 0.2) is 5.82 Å². The standard InChI is InChI=1S/C13H16FN5O/c1-18-13(15-16-17-18)8-19-7-11(20)6-12(19)9-2-4-10(14)5-3-9/h2-5,11-12,20H,6-8H2,1H3/t11-,12-/m0/s1. The Morgan fingerprint density at radius 1 is 1.35 bits per heavy atom. The number of rotatable bonds is 3. The lowest BCUT2D eigenvalue weighted by molar-refractivity contribution is 0.170. The van der Waals surface area contributed by atoms with E-state index >= 15 is 0 Å². The topological polar surface area (TPSA) is 67.1 Å². The molecule has 1 aromatic heterocycles. The molecule has 1 N–H and O–H groups in total. The minimum absolute atomic E-state index is 0.0577. The van der Waals surface area contributed by atoms with Crippen LogP contribution in [-0.2, 0) is 13.6 Å². The summed E-state index contributed by atoms with van der Waals surface area (Å²) >= 11 is 0. The summed E-state index contributed by atoms with van der Waals surface area (Å²) in [7, 11) is 1.79. The number of tetrazole rings is 1. The van der Waals surface area contributed by atoms with Crippen LogP contribution >= 0.6 is 0 Å². The number of aliphatic hydroxyl groups excluding tert-OH is 1. The third-order valence-electron chi connectivity index (χ3n) is 3.69. The van der Waals surface area contributed by atoms with Crippen LogP contribution in [0.25, 0.3) is 0 Å². The number of aryl methyl sites for hydroxylation is 1. The zero-order valence-corrected chi connectivity index (χ0v) is 11.1. The van der Waals surface area contributed by atoms with E-state index in [0.717, 1.165) is 11.4 Å². The van der Waals surface area contributed by atoms with Crippen molar-refractivity contribution in [2.45, 2.75) is 25.1 Å². The van der Waals surface area contributed by atoms with Gasteiger partial charge in [0.25, 0.3) is 0 Å². The second-order valence-corrected chi connectivity index (χ2v) is 5.11. The average Bonchev–Trinajstić information content (AvgIpc) is 2.98. The predicted molar refractivity (Wildman–Crippen MR) is 69.0 cm³/mol. The zero-order chi connectivity index (χ0) is 14.1. The minimum Gasteiger partial charge on any atom is -0.392 e. The molecular weight excluding hydrogens is 261 g/mol. The number of β-amino-alcohol motifs (C(OH)–C–C–N with tert-alkyl or cyclic N) is 1. The molecule has 1 aliphatic rings. The van der Waals surface area contributed by atoms with Gasteiger partial charge in [0.2, 0.25) is 0 Å². The highest BCUT2D eigenvalue weighted by molar-refractivity contribution is 5.21. The molecule has 0 unspecified atom stereocenters. The van der Waals surface area contributed by atoms with E-state index in [1.807, 2.05) is 0 Å². The Labute approximate surface area is 115 Å². The number of nitrogens with zero attached hydrogens (tertiary/aromatic N) is 5. The van der Waals surface area contributed by atoms with Crippen molar-refractivity contribution in [3.63, 3.8) is 0 Å². The van der Waals surface area contributed by atoms with E-state index < -0.39 is 0 Å². The van der Waals surface area contributed by atoms with Gasteiger partial charge in [0, 0.05) is 19.6 Å². The molecule has 2 atom stereocenters. The van der Waals surface area contributed by atoms with Gasteiger partial charge >= 0.3 is 0 Å². The molecule has 0 amide bonds.